The lowest BCUT2D eigenvalue weighted by atomic mass is 10.0. The van der Waals surface area contributed by atoms with E-state index in [1.54, 1.807) is 12.2 Å². The molecule has 0 N–H and O–H groups in total. The Bertz CT molecular complexity index is 844. The molecule has 0 unspecified atom stereocenters. The second-order valence-electron chi connectivity index (χ2n) is 5.78. The fourth-order valence-corrected chi connectivity index (χ4v) is 2.73. The van der Waals surface area contributed by atoms with Gasteiger partial charge < -0.3 is 4.90 Å². The largest absolute Gasteiger partial charge is 0.419 e. The normalized spacial score (nSPS) is 14.5. The number of hydrogen-bond acceptors (Lipinski definition) is 2. The van der Waals surface area contributed by atoms with E-state index in [1.807, 2.05) is 31.3 Å². The zero-order valence-corrected chi connectivity index (χ0v) is 14.7. The van der Waals surface area contributed by atoms with Crippen LogP contribution in [0.4, 0.5) is 23.2 Å². The lowest BCUT2D eigenvalue weighted by Gasteiger charge is -2.18. The standard InChI is InChI=1S/C19H16F4N2.ClH/c1-25-11-10-24-17(14-4-2-3-5-18(14)25)9-7-13-6-8-15(16(20)12-13)19(21,22)23;/h2-9,12H,10-11H2,1H3;1H/b9-7+;. The number of nitrogens with zero attached hydrogens (tertiary/aromatic N) is 2. The molecule has 0 spiro atoms. The summed E-state index contributed by atoms with van der Waals surface area (Å²) in [5.74, 6) is -1.28. The zero-order chi connectivity index (χ0) is 18.0. The summed E-state index contributed by atoms with van der Waals surface area (Å²) in [5, 5.41) is 0. The van der Waals surface area contributed by atoms with E-state index in [4.69, 9.17) is 0 Å². The molecule has 2 aromatic rings. The van der Waals surface area contributed by atoms with Crippen LogP contribution in [-0.4, -0.2) is 25.8 Å². The average molecular weight is 385 g/mol. The minimum atomic E-state index is -4.69. The third-order valence-corrected chi connectivity index (χ3v) is 4.04. The Hall–Kier alpha value is -2.34. The number of rotatable bonds is 2. The summed E-state index contributed by atoms with van der Waals surface area (Å²) in [6, 6.07) is 10.7. The first-order valence-electron chi connectivity index (χ1n) is 7.76. The maximum Gasteiger partial charge on any atom is 0.419 e. The number of benzene rings is 2. The van der Waals surface area contributed by atoms with Gasteiger partial charge in [-0.25, -0.2) is 4.39 Å². The third kappa shape index (κ3) is 4.25. The average Bonchev–Trinajstić information content (AvgIpc) is 2.71. The number of benzodiazepines with no additional fused rings is 1. The molecule has 0 fully saturated rings. The van der Waals surface area contributed by atoms with E-state index in [0.29, 0.717) is 12.1 Å². The molecule has 138 valence electrons. The molecule has 0 saturated carbocycles. The fourth-order valence-electron chi connectivity index (χ4n) is 2.73. The van der Waals surface area contributed by atoms with Gasteiger partial charge in [0.15, 0.2) is 0 Å². The van der Waals surface area contributed by atoms with Crippen LogP contribution >= 0.6 is 12.4 Å². The SMILES string of the molecule is CN1CCN=C(/C=C/c2ccc(C(F)(F)F)c(F)c2)c2ccccc21.Cl. The maximum atomic E-state index is 13.7. The van der Waals surface area contributed by atoms with Crippen LogP contribution in [0.2, 0.25) is 0 Å². The highest BCUT2D eigenvalue weighted by Crippen LogP contribution is 2.31. The topological polar surface area (TPSA) is 15.6 Å². The van der Waals surface area contributed by atoms with Gasteiger partial charge in [0.05, 0.1) is 17.8 Å². The van der Waals surface area contributed by atoms with Crippen LogP contribution in [0.15, 0.2) is 53.5 Å². The van der Waals surface area contributed by atoms with Gasteiger partial charge in [0.2, 0.25) is 0 Å². The number of alkyl halides is 3. The molecule has 7 heteroatoms. The van der Waals surface area contributed by atoms with Crippen molar-refractivity contribution in [3.63, 3.8) is 0 Å². The van der Waals surface area contributed by atoms with E-state index in [2.05, 4.69) is 9.89 Å². The van der Waals surface area contributed by atoms with Gasteiger partial charge in [-0.3, -0.25) is 4.99 Å². The predicted molar refractivity (Wildman–Crippen MR) is 98.8 cm³/mol. The summed E-state index contributed by atoms with van der Waals surface area (Å²) in [7, 11) is 1.98. The molecule has 26 heavy (non-hydrogen) atoms. The first-order chi connectivity index (χ1) is 11.9. The quantitative estimate of drug-likeness (QED) is 0.648. The van der Waals surface area contributed by atoms with Crippen molar-refractivity contribution in [2.24, 2.45) is 4.99 Å². The summed E-state index contributed by atoms with van der Waals surface area (Å²) >= 11 is 0. The number of aliphatic imine (C=N–C) groups is 1. The van der Waals surface area contributed by atoms with Crippen LogP contribution in [0.25, 0.3) is 6.08 Å². The Kier molecular flexibility index (Phi) is 6.08. The molecular formula is C19H17ClF4N2. The van der Waals surface area contributed by atoms with Crippen molar-refractivity contribution in [3.05, 3.63) is 71.0 Å². The van der Waals surface area contributed by atoms with E-state index in [0.717, 1.165) is 35.6 Å². The zero-order valence-electron chi connectivity index (χ0n) is 13.9. The Morgan fingerprint density at radius 2 is 1.81 bits per heavy atom. The van der Waals surface area contributed by atoms with E-state index < -0.39 is 17.6 Å². The summed E-state index contributed by atoms with van der Waals surface area (Å²) in [6.07, 6.45) is -1.41. The van der Waals surface area contributed by atoms with Crippen LogP contribution in [0.3, 0.4) is 0 Å². The van der Waals surface area contributed by atoms with Crippen molar-refractivity contribution in [2.75, 3.05) is 25.0 Å². The van der Waals surface area contributed by atoms with Gasteiger partial charge in [0, 0.05) is 24.8 Å². The third-order valence-electron chi connectivity index (χ3n) is 4.04. The first kappa shape index (κ1) is 20.0. The highest BCUT2D eigenvalue weighted by atomic mass is 35.5. The number of fused-ring (bicyclic) bond motifs is 1. The molecule has 0 atom stereocenters. The summed E-state index contributed by atoms with van der Waals surface area (Å²) < 4.78 is 51.5. The van der Waals surface area contributed by atoms with Gasteiger partial charge in [-0.05, 0) is 29.8 Å². The van der Waals surface area contributed by atoms with Crippen LogP contribution in [0.5, 0.6) is 0 Å². The Morgan fingerprint density at radius 1 is 1.08 bits per heavy atom. The van der Waals surface area contributed by atoms with Gasteiger partial charge in [0.1, 0.15) is 5.82 Å². The van der Waals surface area contributed by atoms with Crippen molar-refractivity contribution in [2.45, 2.75) is 6.18 Å². The molecule has 3 rings (SSSR count). The first-order valence-corrected chi connectivity index (χ1v) is 7.76. The smallest absolute Gasteiger partial charge is 0.372 e. The Labute approximate surface area is 155 Å². The van der Waals surface area contributed by atoms with Crippen molar-refractivity contribution in [3.8, 4) is 0 Å². The Balaban J connectivity index is 0.00000243. The molecular weight excluding hydrogens is 368 g/mol. The number of hydrogen-bond donors (Lipinski definition) is 0. The van der Waals surface area contributed by atoms with E-state index in [9.17, 15) is 17.6 Å². The minimum absolute atomic E-state index is 0. The molecule has 0 amide bonds. The summed E-state index contributed by atoms with van der Waals surface area (Å²) in [4.78, 5) is 6.62. The van der Waals surface area contributed by atoms with Crippen molar-refractivity contribution < 1.29 is 17.6 Å². The lowest BCUT2D eigenvalue weighted by molar-refractivity contribution is -0.140. The van der Waals surface area contributed by atoms with Crippen molar-refractivity contribution in [1.29, 1.82) is 0 Å². The number of halogens is 5. The molecule has 0 aliphatic carbocycles. The molecule has 1 aliphatic rings. The monoisotopic (exact) mass is 384 g/mol. The maximum absolute atomic E-state index is 13.7. The second-order valence-corrected chi connectivity index (χ2v) is 5.78. The molecule has 0 saturated heterocycles. The van der Waals surface area contributed by atoms with Gasteiger partial charge >= 0.3 is 6.18 Å². The van der Waals surface area contributed by atoms with Gasteiger partial charge in [-0.2, -0.15) is 13.2 Å². The van der Waals surface area contributed by atoms with Crippen LogP contribution in [0.1, 0.15) is 16.7 Å². The number of para-hydroxylation sites is 1. The molecule has 0 aromatic heterocycles. The molecule has 0 radical (unpaired) electrons. The van der Waals surface area contributed by atoms with Crippen molar-refractivity contribution in [1.82, 2.24) is 0 Å². The Morgan fingerprint density at radius 3 is 2.50 bits per heavy atom. The van der Waals surface area contributed by atoms with Crippen LogP contribution in [-0.2, 0) is 6.18 Å². The van der Waals surface area contributed by atoms with E-state index in [1.165, 1.54) is 6.07 Å². The summed E-state index contributed by atoms with van der Waals surface area (Å²) in [6.45, 7) is 1.37. The van der Waals surface area contributed by atoms with E-state index in [-0.39, 0.29) is 12.4 Å². The molecule has 2 nitrogen and oxygen atoms in total. The summed E-state index contributed by atoms with van der Waals surface area (Å²) in [5.41, 5.74) is 1.78. The molecule has 0 bridgehead atoms. The molecule has 1 aliphatic heterocycles. The molecule has 1 heterocycles. The minimum Gasteiger partial charge on any atom is -0.372 e. The number of anilines is 1. The highest BCUT2D eigenvalue weighted by Gasteiger charge is 2.33. The number of allylic oxidation sites excluding steroid dienone is 1. The fraction of sp³-hybridized carbons (Fsp3) is 0.211. The molecule has 2 aromatic carbocycles. The van der Waals surface area contributed by atoms with Crippen LogP contribution < -0.4 is 4.90 Å². The number of likely N-dealkylation sites (N-methyl/N-ethyl adjacent to an activating group) is 1. The highest BCUT2D eigenvalue weighted by molar-refractivity contribution is 6.14. The van der Waals surface area contributed by atoms with Gasteiger partial charge in [-0.1, -0.05) is 30.3 Å². The second kappa shape index (κ2) is 7.91. The predicted octanol–water partition coefficient (Wildman–Crippen LogP) is 5.22. The van der Waals surface area contributed by atoms with Gasteiger partial charge in [-0.15, -0.1) is 12.4 Å². The lowest BCUT2D eigenvalue weighted by Crippen LogP contribution is -2.20. The van der Waals surface area contributed by atoms with Gasteiger partial charge in [0.25, 0.3) is 0 Å². The van der Waals surface area contributed by atoms with E-state index >= 15 is 0 Å². The van der Waals surface area contributed by atoms with Crippen molar-refractivity contribution >= 4 is 29.9 Å². The van der Waals surface area contributed by atoms with Crippen LogP contribution in [0, 0.1) is 5.82 Å².